The summed E-state index contributed by atoms with van der Waals surface area (Å²) in [6.07, 6.45) is 9.60. The highest BCUT2D eigenvalue weighted by Gasteiger charge is 2.70. The lowest BCUT2D eigenvalue weighted by atomic mass is 9.34. The molecule has 0 aromatic rings. The van der Waals surface area contributed by atoms with Gasteiger partial charge in [-0.15, -0.1) is 12.4 Å². The average Bonchev–Trinajstić information content (AvgIpc) is 2.91. The van der Waals surface area contributed by atoms with Crippen LogP contribution in [0.15, 0.2) is 23.4 Å². The highest BCUT2D eigenvalue weighted by atomic mass is 35.5. The van der Waals surface area contributed by atoms with E-state index in [1.807, 2.05) is 26.0 Å². The Balaban J connectivity index is 0.000000594. The smallest absolute Gasteiger partial charge is 0.322 e. The summed E-state index contributed by atoms with van der Waals surface area (Å²) in [5, 5.41) is -0.259. The predicted molar refractivity (Wildman–Crippen MR) is 174 cm³/mol. The summed E-state index contributed by atoms with van der Waals surface area (Å²) in [5.41, 5.74) is 4.05. The van der Waals surface area contributed by atoms with Gasteiger partial charge in [0, 0.05) is 22.2 Å². The van der Waals surface area contributed by atoms with Crippen molar-refractivity contribution < 1.29 is 23.9 Å². The SMILES string of the molecule is COC(=O)[C@H](C)N.Cl.[C-]#[N+]C1=C[C@]2(C)C3=CC(=O)C4C5CC(C)(C)CC[C@]5(C(=O)Cl)CC[C@@]4(C)[C@]3(C)CC[C@H]2C(C)(C)C1=O. The van der Waals surface area contributed by atoms with E-state index in [-0.39, 0.29) is 74.9 Å². The first-order chi connectivity index (χ1) is 19.7. The van der Waals surface area contributed by atoms with Gasteiger partial charge in [-0.1, -0.05) is 60.1 Å². The predicted octanol–water partition coefficient (Wildman–Crippen LogP) is 7.25. The Bertz CT molecular complexity index is 1360. The zero-order valence-corrected chi connectivity index (χ0v) is 29.3. The van der Waals surface area contributed by atoms with Crippen molar-refractivity contribution in [2.45, 2.75) is 106 Å². The number of allylic oxidation sites excluding steroid dienone is 4. The molecule has 9 heteroatoms. The second-order valence-corrected chi connectivity index (χ2v) is 16.3. The van der Waals surface area contributed by atoms with Crippen molar-refractivity contribution in [3.63, 3.8) is 0 Å². The van der Waals surface area contributed by atoms with E-state index in [0.717, 1.165) is 50.5 Å². The van der Waals surface area contributed by atoms with E-state index in [0.29, 0.717) is 0 Å². The van der Waals surface area contributed by atoms with Crippen molar-refractivity contribution in [2.24, 2.45) is 56.0 Å². The maximum Gasteiger partial charge on any atom is 0.322 e. The van der Waals surface area contributed by atoms with Crippen LogP contribution in [0.1, 0.15) is 100 Å². The van der Waals surface area contributed by atoms with Gasteiger partial charge in [-0.25, -0.2) is 4.85 Å². The van der Waals surface area contributed by atoms with Gasteiger partial charge >= 0.3 is 5.97 Å². The van der Waals surface area contributed by atoms with Gasteiger partial charge in [0.25, 0.3) is 0 Å². The fraction of sp³-hybridized carbons (Fsp3) is 0.743. The van der Waals surface area contributed by atoms with Gasteiger partial charge in [0.1, 0.15) is 6.04 Å². The molecule has 0 spiro atoms. The normalized spacial score (nSPS) is 40.3. The lowest BCUT2D eigenvalue weighted by molar-refractivity contribution is -0.173. The summed E-state index contributed by atoms with van der Waals surface area (Å²) >= 11 is 6.37. The number of ether oxygens (including phenoxy) is 1. The van der Waals surface area contributed by atoms with Crippen LogP contribution < -0.4 is 5.73 Å². The first kappa shape index (κ1) is 36.5. The van der Waals surface area contributed by atoms with E-state index in [1.165, 1.54) is 7.11 Å². The first-order valence-corrected chi connectivity index (χ1v) is 16.0. The maximum atomic E-state index is 14.3. The number of hydrogen-bond donors (Lipinski definition) is 1. The molecule has 0 aromatic heterocycles. The van der Waals surface area contributed by atoms with Crippen LogP contribution in [0, 0.1) is 56.8 Å². The number of carbonyl (C=O) groups excluding carboxylic acids is 4. The monoisotopic (exact) mass is 648 g/mol. The van der Waals surface area contributed by atoms with Gasteiger partial charge in [-0.3, -0.25) is 14.4 Å². The molecule has 0 bridgehead atoms. The molecule has 44 heavy (non-hydrogen) atoms. The molecular formula is C35H50Cl2N2O5. The van der Waals surface area contributed by atoms with Gasteiger partial charge in [0.15, 0.2) is 11.6 Å². The van der Waals surface area contributed by atoms with Crippen LogP contribution in [-0.2, 0) is 23.9 Å². The molecule has 2 unspecified atom stereocenters. The summed E-state index contributed by atoms with van der Waals surface area (Å²) in [4.78, 5) is 54.2. The molecule has 7 nitrogen and oxygen atoms in total. The molecule has 0 saturated heterocycles. The zero-order chi connectivity index (χ0) is 32.6. The van der Waals surface area contributed by atoms with E-state index in [1.54, 1.807) is 6.92 Å². The fourth-order valence-corrected chi connectivity index (χ4v) is 10.5. The third-order valence-corrected chi connectivity index (χ3v) is 13.2. The van der Waals surface area contributed by atoms with Crippen LogP contribution in [-0.4, -0.2) is 35.9 Å². The van der Waals surface area contributed by atoms with Crippen molar-refractivity contribution in [1.29, 1.82) is 0 Å². The highest BCUT2D eigenvalue weighted by molar-refractivity contribution is 6.64. The Kier molecular flexibility index (Phi) is 9.66. The van der Waals surface area contributed by atoms with Crippen LogP contribution >= 0.6 is 24.0 Å². The number of Topliss-reactive ketones (excluding diaryl/α,β-unsaturated/α-hetero) is 1. The molecule has 5 rings (SSSR count). The molecular weight excluding hydrogens is 599 g/mol. The first-order valence-electron chi connectivity index (χ1n) is 15.6. The van der Waals surface area contributed by atoms with E-state index in [2.05, 4.69) is 44.2 Å². The Labute approximate surface area is 274 Å². The standard InChI is InChI=1S/C31H40ClNO3.C4H9NO2.ClH/c1-26(2)11-13-31(25(32)36)14-12-30(7)23(18(31)16-26)20(34)15-22-28(5)17-19(33-8)24(35)27(3,4)21(28)9-10-29(22,30)6;1-3(5)4(6)7-2;/h15,17-18,21,23H,9-14,16H2,1-7H3;3H,5H2,1-2H3;1H/t18?,21-,23?,28-,29+,30+,31-;3-;/m00./s1. The van der Waals surface area contributed by atoms with E-state index >= 15 is 0 Å². The second kappa shape index (κ2) is 11.7. The van der Waals surface area contributed by atoms with Crippen LogP contribution in [0.4, 0.5) is 0 Å². The molecule has 0 radical (unpaired) electrons. The number of fused-ring (bicyclic) bond motifs is 7. The van der Waals surface area contributed by atoms with Crippen molar-refractivity contribution in [3.8, 4) is 0 Å². The lowest BCUT2D eigenvalue weighted by Gasteiger charge is -2.69. The third kappa shape index (κ3) is 5.12. The van der Waals surface area contributed by atoms with E-state index in [4.69, 9.17) is 23.9 Å². The van der Waals surface area contributed by atoms with Crippen molar-refractivity contribution in [3.05, 3.63) is 34.8 Å². The molecule has 0 aromatic carbocycles. The van der Waals surface area contributed by atoms with Crippen molar-refractivity contribution >= 4 is 46.8 Å². The number of rotatable bonds is 2. The highest BCUT2D eigenvalue weighted by Crippen LogP contribution is 2.74. The van der Waals surface area contributed by atoms with Gasteiger partial charge in [-0.2, -0.15) is 0 Å². The molecule has 5 aliphatic rings. The average molecular weight is 650 g/mol. The molecule has 5 aliphatic carbocycles. The van der Waals surface area contributed by atoms with Gasteiger partial charge in [0.2, 0.25) is 10.9 Å². The minimum absolute atomic E-state index is 0. The molecule has 3 saturated carbocycles. The summed E-state index contributed by atoms with van der Waals surface area (Å²) in [6.45, 7) is 24.5. The van der Waals surface area contributed by atoms with Crippen LogP contribution in [0.3, 0.4) is 0 Å². The maximum absolute atomic E-state index is 14.3. The number of hydrogen-bond acceptors (Lipinski definition) is 6. The van der Waals surface area contributed by atoms with Crippen LogP contribution in [0.5, 0.6) is 0 Å². The number of nitrogens with two attached hydrogens (primary N) is 1. The number of nitrogens with zero attached hydrogens (tertiary/aromatic N) is 1. The molecule has 8 atom stereocenters. The minimum atomic E-state index is -0.660. The Morgan fingerprint density at radius 3 is 2.14 bits per heavy atom. The van der Waals surface area contributed by atoms with E-state index < -0.39 is 22.3 Å². The summed E-state index contributed by atoms with van der Waals surface area (Å²) in [5.74, 6) is -0.607. The number of ketones is 2. The van der Waals surface area contributed by atoms with Crippen molar-refractivity contribution in [2.75, 3.05) is 7.11 Å². The molecule has 3 fully saturated rings. The molecule has 0 amide bonds. The largest absolute Gasteiger partial charge is 0.468 e. The zero-order valence-electron chi connectivity index (χ0n) is 27.8. The Hall–Kier alpha value is -2.01. The number of esters is 1. The van der Waals surface area contributed by atoms with Gasteiger partial charge in [-0.05, 0) is 97.6 Å². The molecule has 0 aliphatic heterocycles. The summed E-state index contributed by atoms with van der Waals surface area (Å²) in [7, 11) is 1.31. The number of methoxy groups -OCH3 is 1. The number of carbonyl (C=O) groups is 4. The summed E-state index contributed by atoms with van der Waals surface area (Å²) in [6, 6.07) is -0.495. The van der Waals surface area contributed by atoms with Gasteiger partial charge < -0.3 is 15.3 Å². The Morgan fingerprint density at radius 1 is 1.05 bits per heavy atom. The van der Waals surface area contributed by atoms with Gasteiger partial charge in [0.05, 0.1) is 13.7 Å². The van der Waals surface area contributed by atoms with Crippen LogP contribution in [0.2, 0.25) is 0 Å². The van der Waals surface area contributed by atoms with E-state index in [9.17, 15) is 19.2 Å². The topological polar surface area (TPSA) is 108 Å². The lowest BCUT2D eigenvalue weighted by Crippen LogP contribution is -2.65. The quantitative estimate of drug-likeness (QED) is 0.192. The fourth-order valence-electron chi connectivity index (χ4n) is 10.1. The minimum Gasteiger partial charge on any atom is -0.468 e. The summed E-state index contributed by atoms with van der Waals surface area (Å²) < 4.78 is 4.25. The third-order valence-electron chi connectivity index (χ3n) is 12.8. The molecule has 2 N–H and O–H groups in total. The second-order valence-electron chi connectivity index (χ2n) is 16.0. The molecule has 244 valence electrons. The molecule has 0 heterocycles. The Morgan fingerprint density at radius 2 is 1.64 bits per heavy atom. The van der Waals surface area contributed by atoms with Crippen LogP contribution in [0.25, 0.3) is 4.85 Å². The van der Waals surface area contributed by atoms with Crippen molar-refractivity contribution in [1.82, 2.24) is 0 Å². The number of halogens is 2.